The summed E-state index contributed by atoms with van der Waals surface area (Å²) in [5.74, 6) is 2.22. The number of nitrogens with zero attached hydrogens (tertiary/aromatic N) is 2. The number of thioether (sulfide) groups is 1. The maximum Gasteiger partial charge on any atom is 0.242 e. The van der Waals surface area contributed by atoms with Crippen LogP contribution in [0.5, 0.6) is 0 Å². The molecule has 2 heterocycles. The summed E-state index contributed by atoms with van der Waals surface area (Å²) in [6.07, 6.45) is 6.44. The minimum absolute atomic E-state index is 0.00877. The van der Waals surface area contributed by atoms with Crippen LogP contribution < -0.4 is 10.6 Å². The lowest BCUT2D eigenvalue weighted by Gasteiger charge is -2.21. The standard InChI is InChI=1S/C22H27FN4O2S/c23-17-8-6-16(7-9-17)11-24-21(29)12-27-22(18-13-30-14-19(18)26-27)25-20(28)10-15-4-2-1-3-5-15/h6-9,15H,1-5,10-14H2,(H,24,29)(H,25,28). The van der Waals surface area contributed by atoms with Crippen LogP contribution >= 0.6 is 11.8 Å². The van der Waals surface area contributed by atoms with Gasteiger partial charge in [0.2, 0.25) is 11.8 Å². The zero-order valence-electron chi connectivity index (χ0n) is 17.0. The number of aromatic nitrogens is 2. The Morgan fingerprint density at radius 2 is 1.87 bits per heavy atom. The summed E-state index contributed by atoms with van der Waals surface area (Å²) in [7, 11) is 0. The summed E-state index contributed by atoms with van der Waals surface area (Å²) in [6, 6.07) is 6.03. The third-order valence-electron chi connectivity index (χ3n) is 5.77. The zero-order chi connectivity index (χ0) is 20.9. The first kappa shape index (κ1) is 20.9. The molecule has 1 aliphatic heterocycles. The van der Waals surface area contributed by atoms with Crippen LogP contribution in [-0.4, -0.2) is 21.6 Å². The molecule has 1 aromatic heterocycles. The fourth-order valence-corrected chi connectivity index (χ4v) is 5.19. The van der Waals surface area contributed by atoms with Gasteiger partial charge in [-0.2, -0.15) is 16.9 Å². The van der Waals surface area contributed by atoms with Gasteiger partial charge < -0.3 is 10.6 Å². The molecule has 1 fully saturated rings. The Balaban J connectivity index is 1.38. The van der Waals surface area contributed by atoms with E-state index in [9.17, 15) is 14.0 Å². The Kier molecular flexibility index (Phi) is 6.72. The number of fused-ring (bicyclic) bond motifs is 1. The Labute approximate surface area is 180 Å². The molecule has 2 amide bonds. The molecule has 1 saturated carbocycles. The predicted molar refractivity (Wildman–Crippen MR) is 115 cm³/mol. The van der Waals surface area contributed by atoms with Crippen LogP contribution in [0.15, 0.2) is 24.3 Å². The van der Waals surface area contributed by atoms with Crippen molar-refractivity contribution in [2.24, 2.45) is 5.92 Å². The molecular weight excluding hydrogens is 403 g/mol. The molecule has 0 bridgehead atoms. The first-order valence-electron chi connectivity index (χ1n) is 10.6. The highest BCUT2D eigenvalue weighted by molar-refractivity contribution is 7.98. The number of carbonyl (C=O) groups excluding carboxylic acids is 2. The highest BCUT2D eigenvalue weighted by atomic mass is 32.2. The second-order valence-corrected chi connectivity index (χ2v) is 9.07. The number of rotatable bonds is 7. The van der Waals surface area contributed by atoms with Gasteiger partial charge in [0.15, 0.2) is 0 Å². The van der Waals surface area contributed by atoms with Crippen molar-refractivity contribution in [2.45, 2.75) is 63.1 Å². The summed E-state index contributed by atoms with van der Waals surface area (Å²) < 4.78 is 14.6. The summed E-state index contributed by atoms with van der Waals surface area (Å²) in [4.78, 5) is 25.1. The molecule has 1 aromatic carbocycles. The van der Waals surface area contributed by atoms with Gasteiger partial charge >= 0.3 is 0 Å². The van der Waals surface area contributed by atoms with Crippen molar-refractivity contribution >= 4 is 29.4 Å². The molecule has 30 heavy (non-hydrogen) atoms. The van der Waals surface area contributed by atoms with Crippen LogP contribution in [-0.2, 0) is 34.2 Å². The van der Waals surface area contributed by atoms with Crippen molar-refractivity contribution in [3.63, 3.8) is 0 Å². The van der Waals surface area contributed by atoms with E-state index < -0.39 is 0 Å². The van der Waals surface area contributed by atoms with Gasteiger partial charge in [-0.3, -0.25) is 9.59 Å². The van der Waals surface area contributed by atoms with Gasteiger partial charge in [0.05, 0.1) is 5.69 Å². The number of nitrogens with one attached hydrogen (secondary N) is 2. The number of hydrogen-bond donors (Lipinski definition) is 2. The molecule has 2 aromatic rings. The second kappa shape index (κ2) is 9.64. The maximum absolute atomic E-state index is 13.0. The normalized spacial score (nSPS) is 16.3. The number of anilines is 1. The van der Waals surface area contributed by atoms with Gasteiger partial charge in [-0.15, -0.1) is 0 Å². The number of benzene rings is 1. The monoisotopic (exact) mass is 430 g/mol. The lowest BCUT2D eigenvalue weighted by Crippen LogP contribution is -2.29. The smallest absolute Gasteiger partial charge is 0.242 e. The molecule has 0 atom stereocenters. The van der Waals surface area contributed by atoms with Crippen LogP contribution in [0, 0.1) is 11.7 Å². The number of amides is 2. The van der Waals surface area contributed by atoms with Crippen LogP contribution in [0.3, 0.4) is 0 Å². The summed E-state index contributed by atoms with van der Waals surface area (Å²) in [5.41, 5.74) is 2.80. The quantitative estimate of drug-likeness (QED) is 0.696. The minimum atomic E-state index is -0.303. The lowest BCUT2D eigenvalue weighted by atomic mass is 9.87. The lowest BCUT2D eigenvalue weighted by molar-refractivity contribution is -0.122. The number of hydrogen-bond acceptors (Lipinski definition) is 4. The van der Waals surface area contributed by atoms with Crippen molar-refractivity contribution in [3.05, 3.63) is 46.9 Å². The van der Waals surface area contributed by atoms with Crippen molar-refractivity contribution in [1.82, 2.24) is 15.1 Å². The fraction of sp³-hybridized carbons (Fsp3) is 0.500. The van der Waals surface area contributed by atoms with Gasteiger partial charge in [0, 0.05) is 30.0 Å². The SMILES string of the molecule is O=C(Cn1nc2c(c1NC(=O)CC1CCCCC1)CSC2)NCc1ccc(F)cc1. The molecule has 2 N–H and O–H groups in total. The number of halogens is 1. The molecule has 2 aliphatic rings. The van der Waals surface area contributed by atoms with Crippen molar-refractivity contribution in [2.75, 3.05) is 5.32 Å². The van der Waals surface area contributed by atoms with Gasteiger partial charge in [0.1, 0.15) is 18.2 Å². The third kappa shape index (κ3) is 5.22. The molecule has 0 radical (unpaired) electrons. The molecule has 8 heteroatoms. The Bertz CT molecular complexity index is 907. The Morgan fingerprint density at radius 3 is 2.63 bits per heavy atom. The first-order chi connectivity index (χ1) is 14.6. The van der Waals surface area contributed by atoms with Crippen molar-refractivity contribution in [3.8, 4) is 0 Å². The average molecular weight is 431 g/mol. The van der Waals surface area contributed by atoms with Crippen molar-refractivity contribution < 1.29 is 14.0 Å². The maximum atomic E-state index is 13.0. The topological polar surface area (TPSA) is 76.0 Å². The number of carbonyl (C=O) groups is 2. The van der Waals surface area contributed by atoms with Crippen LogP contribution in [0.1, 0.15) is 55.3 Å². The molecule has 4 rings (SSSR count). The molecule has 0 unspecified atom stereocenters. The Hall–Kier alpha value is -2.35. The summed E-state index contributed by atoms with van der Waals surface area (Å²) >= 11 is 1.76. The molecule has 0 saturated heterocycles. The third-order valence-corrected chi connectivity index (χ3v) is 6.74. The van der Waals surface area contributed by atoms with Crippen LogP contribution in [0.4, 0.5) is 10.2 Å². The molecule has 1 aliphatic carbocycles. The minimum Gasteiger partial charge on any atom is -0.350 e. The Morgan fingerprint density at radius 1 is 1.10 bits per heavy atom. The van der Waals surface area contributed by atoms with E-state index in [1.54, 1.807) is 28.6 Å². The fourth-order valence-electron chi connectivity index (χ4n) is 4.15. The van der Waals surface area contributed by atoms with Gasteiger partial charge in [-0.1, -0.05) is 31.4 Å². The van der Waals surface area contributed by atoms with E-state index in [1.165, 1.54) is 31.4 Å². The van der Waals surface area contributed by atoms with Crippen molar-refractivity contribution in [1.29, 1.82) is 0 Å². The molecule has 0 spiro atoms. The summed E-state index contributed by atoms with van der Waals surface area (Å²) in [6.45, 7) is 0.358. The van der Waals surface area contributed by atoms with E-state index in [-0.39, 0.29) is 24.2 Å². The largest absolute Gasteiger partial charge is 0.350 e. The molecular formula is C22H27FN4O2S. The van der Waals surface area contributed by atoms with Gasteiger partial charge in [0.25, 0.3) is 0 Å². The second-order valence-electron chi connectivity index (χ2n) is 8.08. The first-order valence-corrected chi connectivity index (χ1v) is 11.7. The van der Waals surface area contributed by atoms with E-state index in [4.69, 9.17) is 0 Å². The van der Waals surface area contributed by atoms with Crippen LogP contribution in [0.2, 0.25) is 0 Å². The highest BCUT2D eigenvalue weighted by Crippen LogP contribution is 2.35. The average Bonchev–Trinajstić information content (AvgIpc) is 3.31. The molecule has 160 valence electrons. The summed E-state index contributed by atoms with van der Waals surface area (Å²) in [5, 5.41) is 10.5. The van der Waals surface area contributed by atoms with E-state index in [1.807, 2.05) is 0 Å². The van der Waals surface area contributed by atoms with E-state index in [2.05, 4.69) is 15.7 Å². The zero-order valence-corrected chi connectivity index (χ0v) is 17.8. The molecule has 6 nitrogen and oxygen atoms in total. The van der Waals surface area contributed by atoms with E-state index in [0.717, 1.165) is 41.2 Å². The predicted octanol–water partition coefficient (Wildman–Crippen LogP) is 3.99. The van der Waals surface area contributed by atoms with Gasteiger partial charge in [-0.25, -0.2) is 9.07 Å². The van der Waals surface area contributed by atoms with Gasteiger partial charge in [-0.05, 0) is 36.5 Å². The van der Waals surface area contributed by atoms with E-state index in [0.29, 0.717) is 24.7 Å². The highest BCUT2D eigenvalue weighted by Gasteiger charge is 2.26. The van der Waals surface area contributed by atoms with E-state index >= 15 is 0 Å². The van der Waals surface area contributed by atoms with Crippen LogP contribution in [0.25, 0.3) is 0 Å².